The topological polar surface area (TPSA) is 88.1 Å². The Morgan fingerprint density at radius 2 is 1.59 bits per heavy atom. The molecule has 1 aromatic heterocycles. The summed E-state index contributed by atoms with van der Waals surface area (Å²) < 4.78 is 27.9. The van der Waals surface area contributed by atoms with Crippen molar-refractivity contribution in [1.29, 1.82) is 0 Å². The van der Waals surface area contributed by atoms with E-state index in [1.54, 1.807) is 21.3 Å². The summed E-state index contributed by atoms with van der Waals surface area (Å²) in [5.41, 5.74) is 3.55. The lowest BCUT2D eigenvalue weighted by molar-refractivity contribution is 0.0972. The summed E-state index contributed by atoms with van der Waals surface area (Å²) in [7, 11) is 4.69. The molecule has 1 aliphatic carbocycles. The van der Waals surface area contributed by atoms with Gasteiger partial charge in [0, 0.05) is 35.7 Å². The van der Waals surface area contributed by atoms with E-state index in [0.717, 1.165) is 29.4 Å². The van der Waals surface area contributed by atoms with E-state index < -0.39 is 0 Å². The maximum absolute atomic E-state index is 13.0. The molecule has 0 bridgehead atoms. The fourth-order valence-corrected chi connectivity index (χ4v) is 4.30. The zero-order chi connectivity index (χ0) is 22.2. The Bertz CT molecular complexity index is 1200. The van der Waals surface area contributed by atoms with Crippen LogP contribution in [0.1, 0.15) is 28.9 Å². The molecule has 0 radical (unpaired) electrons. The second kappa shape index (κ2) is 8.11. The number of aromatic nitrogens is 1. The Morgan fingerprint density at radius 3 is 2.25 bits per heavy atom. The predicted octanol–water partition coefficient (Wildman–Crippen LogP) is 4.29. The predicted molar refractivity (Wildman–Crippen MR) is 119 cm³/mol. The van der Waals surface area contributed by atoms with Crippen LogP contribution >= 0.6 is 0 Å². The Hall–Kier alpha value is -3.68. The fourth-order valence-electron chi connectivity index (χ4n) is 4.30. The first kappa shape index (κ1) is 20.2. The summed E-state index contributed by atoms with van der Waals surface area (Å²) in [6.07, 6.45) is 2.03. The second-order valence-corrected chi connectivity index (χ2v) is 7.64. The molecule has 3 aromatic rings. The highest BCUT2D eigenvalue weighted by Crippen LogP contribution is 2.44. The van der Waals surface area contributed by atoms with Crippen LogP contribution in [-0.4, -0.2) is 45.3 Å². The lowest BCUT2D eigenvalue weighted by Crippen LogP contribution is -2.17. The first-order valence-electron chi connectivity index (χ1n) is 10.5. The number of carbonyl (C=O) groups excluding carboxylic acids is 1. The van der Waals surface area contributed by atoms with Crippen LogP contribution in [0.25, 0.3) is 10.9 Å². The summed E-state index contributed by atoms with van der Waals surface area (Å²) >= 11 is 0. The maximum Gasteiger partial charge on any atom is 0.203 e. The molecule has 2 aromatic carbocycles. The first-order chi connectivity index (χ1) is 15.6. The molecule has 32 heavy (non-hydrogen) atoms. The largest absolute Gasteiger partial charge is 0.493 e. The molecule has 0 amide bonds. The minimum absolute atomic E-state index is 0.0745. The van der Waals surface area contributed by atoms with Crippen LogP contribution in [0.15, 0.2) is 24.3 Å². The SMILES string of the molecule is COc1cc(Nc2c3c(nc4cc5c(cc24)OCCO5)CCCC3=O)cc(OC)c1OC. The normalized spacial score (nSPS) is 14.7. The van der Waals surface area contributed by atoms with Crippen molar-refractivity contribution in [3.63, 3.8) is 0 Å². The number of fused-ring (bicyclic) bond motifs is 3. The number of pyridine rings is 1. The van der Waals surface area contributed by atoms with Crippen LogP contribution in [0.4, 0.5) is 11.4 Å². The average Bonchev–Trinajstić information content (AvgIpc) is 2.82. The highest BCUT2D eigenvalue weighted by molar-refractivity contribution is 6.11. The molecule has 0 saturated heterocycles. The van der Waals surface area contributed by atoms with Gasteiger partial charge in [0.15, 0.2) is 28.8 Å². The number of benzene rings is 2. The van der Waals surface area contributed by atoms with Gasteiger partial charge in [-0.15, -0.1) is 0 Å². The zero-order valence-corrected chi connectivity index (χ0v) is 18.2. The number of hydrogen-bond donors (Lipinski definition) is 1. The van der Waals surface area contributed by atoms with Gasteiger partial charge < -0.3 is 29.0 Å². The quantitative estimate of drug-likeness (QED) is 0.634. The molecule has 0 atom stereocenters. The summed E-state index contributed by atoms with van der Waals surface area (Å²) in [6.45, 7) is 0.976. The number of Topliss-reactive ketones (excluding diaryl/α,β-unsaturated/α-hetero) is 1. The van der Waals surface area contributed by atoms with Gasteiger partial charge in [-0.05, 0) is 18.9 Å². The number of rotatable bonds is 5. The summed E-state index contributed by atoms with van der Waals surface area (Å²) in [5, 5.41) is 4.23. The van der Waals surface area contributed by atoms with Gasteiger partial charge in [-0.3, -0.25) is 9.78 Å². The van der Waals surface area contributed by atoms with Crippen LogP contribution in [-0.2, 0) is 6.42 Å². The third-order valence-electron chi connectivity index (χ3n) is 5.75. The van der Waals surface area contributed by atoms with E-state index in [2.05, 4.69) is 5.32 Å². The molecule has 1 N–H and O–H groups in total. The van der Waals surface area contributed by atoms with Gasteiger partial charge in [-0.1, -0.05) is 0 Å². The molecular formula is C24H24N2O6. The summed E-state index contributed by atoms with van der Waals surface area (Å²) in [5.74, 6) is 2.91. The van der Waals surface area contributed by atoms with Crippen molar-refractivity contribution in [3.8, 4) is 28.7 Å². The average molecular weight is 436 g/mol. The highest BCUT2D eigenvalue weighted by atomic mass is 16.6. The van der Waals surface area contributed by atoms with Crippen molar-refractivity contribution in [2.45, 2.75) is 19.3 Å². The third kappa shape index (κ3) is 3.32. The Labute approximate surface area is 185 Å². The van der Waals surface area contributed by atoms with Crippen molar-refractivity contribution in [2.75, 3.05) is 39.9 Å². The van der Waals surface area contributed by atoms with Gasteiger partial charge in [0.2, 0.25) is 5.75 Å². The standard InChI is InChI=1S/C24H24N2O6/c1-28-20-9-13(10-21(29-2)24(20)30-3)25-23-14-11-18-19(32-8-7-31-18)12-16(14)26-15-5-4-6-17(27)22(15)23/h9-12H,4-8H2,1-3H3,(H,25,26). The zero-order valence-electron chi connectivity index (χ0n) is 18.2. The Balaban J connectivity index is 1.72. The van der Waals surface area contributed by atoms with Crippen LogP contribution in [0.2, 0.25) is 0 Å². The van der Waals surface area contributed by atoms with E-state index in [4.69, 9.17) is 28.7 Å². The summed E-state index contributed by atoms with van der Waals surface area (Å²) in [4.78, 5) is 17.8. The minimum atomic E-state index is 0.0745. The fraction of sp³-hybridized carbons (Fsp3) is 0.333. The van der Waals surface area contributed by atoms with Crippen molar-refractivity contribution in [3.05, 3.63) is 35.5 Å². The van der Waals surface area contributed by atoms with Gasteiger partial charge in [0.05, 0.1) is 43.8 Å². The monoisotopic (exact) mass is 436 g/mol. The van der Waals surface area contributed by atoms with Gasteiger partial charge in [0.25, 0.3) is 0 Å². The number of methoxy groups -OCH3 is 3. The van der Waals surface area contributed by atoms with E-state index in [1.165, 1.54) is 0 Å². The number of anilines is 2. The number of ketones is 1. The number of nitrogens with one attached hydrogen (secondary N) is 1. The number of aryl methyl sites for hydroxylation is 1. The Morgan fingerprint density at radius 1 is 0.906 bits per heavy atom. The second-order valence-electron chi connectivity index (χ2n) is 7.64. The highest BCUT2D eigenvalue weighted by Gasteiger charge is 2.27. The Kier molecular flexibility index (Phi) is 5.13. The molecule has 0 fully saturated rings. The molecule has 0 saturated carbocycles. The van der Waals surface area contributed by atoms with E-state index in [-0.39, 0.29) is 5.78 Å². The number of hydrogen-bond acceptors (Lipinski definition) is 8. The molecule has 0 spiro atoms. The third-order valence-corrected chi connectivity index (χ3v) is 5.75. The van der Waals surface area contributed by atoms with E-state index in [1.807, 2.05) is 24.3 Å². The first-order valence-corrected chi connectivity index (χ1v) is 10.5. The molecule has 2 aliphatic rings. The molecule has 0 unspecified atom stereocenters. The number of nitrogens with zero attached hydrogens (tertiary/aromatic N) is 1. The summed E-state index contributed by atoms with van der Waals surface area (Å²) in [6, 6.07) is 7.39. The molecule has 166 valence electrons. The molecule has 5 rings (SSSR count). The van der Waals surface area contributed by atoms with Gasteiger partial charge in [0.1, 0.15) is 13.2 Å². The molecule has 8 nitrogen and oxygen atoms in total. The van der Waals surface area contributed by atoms with Crippen LogP contribution in [0, 0.1) is 0 Å². The van der Waals surface area contributed by atoms with Gasteiger partial charge in [-0.25, -0.2) is 0 Å². The van der Waals surface area contributed by atoms with Gasteiger partial charge >= 0.3 is 0 Å². The van der Waals surface area contributed by atoms with E-state index >= 15 is 0 Å². The van der Waals surface area contributed by atoms with Crippen molar-refractivity contribution < 1.29 is 28.5 Å². The van der Waals surface area contributed by atoms with Crippen LogP contribution in [0.3, 0.4) is 0 Å². The van der Waals surface area contributed by atoms with Crippen molar-refractivity contribution in [1.82, 2.24) is 4.98 Å². The lowest BCUT2D eigenvalue weighted by Gasteiger charge is -2.24. The number of ether oxygens (including phenoxy) is 5. The smallest absolute Gasteiger partial charge is 0.203 e. The molecule has 8 heteroatoms. The van der Waals surface area contributed by atoms with E-state index in [9.17, 15) is 4.79 Å². The molecular weight excluding hydrogens is 412 g/mol. The van der Waals surface area contributed by atoms with E-state index in [0.29, 0.717) is 65.3 Å². The van der Waals surface area contributed by atoms with Crippen molar-refractivity contribution >= 4 is 28.1 Å². The molecule has 1 aliphatic heterocycles. The minimum Gasteiger partial charge on any atom is -0.493 e. The number of carbonyl (C=O) groups is 1. The van der Waals surface area contributed by atoms with Gasteiger partial charge in [-0.2, -0.15) is 0 Å². The lowest BCUT2D eigenvalue weighted by atomic mass is 9.91. The van der Waals surface area contributed by atoms with Crippen molar-refractivity contribution in [2.24, 2.45) is 0 Å². The van der Waals surface area contributed by atoms with Crippen LogP contribution in [0.5, 0.6) is 28.7 Å². The van der Waals surface area contributed by atoms with Crippen LogP contribution < -0.4 is 29.0 Å². The molecule has 2 heterocycles. The maximum atomic E-state index is 13.0.